The van der Waals surface area contributed by atoms with Gasteiger partial charge < -0.3 is 4.42 Å². The molecule has 4 nitrogen and oxygen atoms in total. The van der Waals surface area contributed by atoms with Crippen molar-refractivity contribution in [1.29, 1.82) is 0 Å². The van der Waals surface area contributed by atoms with Crippen molar-refractivity contribution >= 4 is 71.3 Å². The maximum atomic E-state index is 6.68. The van der Waals surface area contributed by atoms with Crippen LogP contribution < -0.4 is 0 Å². The fourth-order valence-electron chi connectivity index (χ4n) is 6.02. The number of hydrogen-bond acceptors (Lipinski definition) is 3. The minimum Gasteiger partial charge on any atom is -0.455 e. The van der Waals surface area contributed by atoms with E-state index in [1.165, 1.54) is 10.8 Å². The van der Waals surface area contributed by atoms with Gasteiger partial charge in [-0.1, -0.05) is 78.9 Å². The molecular formula is C32H17N3O. The van der Waals surface area contributed by atoms with Gasteiger partial charge in [-0.25, -0.2) is 9.97 Å². The highest BCUT2D eigenvalue weighted by molar-refractivity contribution is 6.34. The van der Waals surface area contributed by atoms with Crippen molar-refractivity contribution < 1.29 is 4.42 Å². The maximum absolute atomic E-state index is 6.68. The SMILES string of the molecule is c1ccc(-c2cccc3c2oc2cc4c5nc6ccccc6nc5n5c6ccccc6c(c23)c45)cc1. The molecule has 0 N–H and O–H groups in total. The Morgan fingerprint density at radius 2 is 1.36 bits per heavy atom. The first-order valence-electron chi connectivity index (χ1n) is 12.1. The predicted molar refractivity (Wildman–Crippen MR) is 147 cm³/mol. The Balaban J connectivity index is 1.56. The highest BCUT2D eigenvalue weighted by Gasteiger charge is 2.25. The summed E-state index contributed by atoms with van der Waals surface area (Å²) in [7, 11) is 0. The number of para-hydroxylation sites is 4. The molecule has 0 bridgehead atoms. The lowest BCUT2D eigenvalue weighted by Crippen LogP contribution is -1.88. The molecule has 0 radical (unpaired) electrons. The maximum Gasteiger partial charge on any atom is 0.165 e. The van der Waals surface area contributed by atoms with Gasteiger partial charge in [0, 0.05) is 32.5 Å². The van der Waals surface area contributed by atoms with E-state index in [9.17, 15) is 0 Å². The van der Waals surface area contributed by atoms with E-state index in [0.717, 1.165) is 71.7 Å². The summed E-state index contributed by atoms with van der Waals surface area (Å²) in [5.41, 5.74) is 9.93. The standard InChI is InChI=1S/C32H17N3O/c1-2-9-18(10-3-1)19-12-8-13-21-27-26(36-31(19)21)17-22-29-32(34-24-15-6-5-14-23(24)33-29)35-25-16-7-4-11-20(25)28(27)30(22)35/h1-17H. The van der Waals surface area contributed by atoms with Crippen LogP contribution >= 0.6 is 0 Å². The van der Waals surface area contributed by atoms with Crippen LogP contribution in [0.5, 0.6) is 0 Å². The minimum absolute atomic E-state index is 0.876. The molecule has 9 rings (SSSR count). The zero-order chi connectivity index (χ0) is 23.4. The third-order valence-electron chi connectivity index (χ3n) is 7.50. The van der Waals surface area contributed by atoms with Gasteiger partial charge in [-0.2, -0.15) is 0 Å². The molecule has 0 spiro atoms. The van der Waals surface area contributed by atoms with Gasteiger partial charge >= 0.3 is 0 Å². The molecule has 9 aromatic rings. The Hall–Kier alpha value is -4.96. The highest BCUT2D eigenvalue weighted by atomic mass is 16.3. The van der Waals surface area contributed by atoms with Gasteiger partial charge in [0.05, 0.1) is 22.1 Å². The average Bonchev–Trinajstić information content (AvgIpc) is 3.58. The Labute approximate surface area is 204 Å². The monoisotopic (exact) mass is 459 g/mol. The van der Waals surface area contributed by atoms with Crippen LogP contribution in [0.2, 0.25) is 0 Å². The summed E-state index contributed by atoms with van der Waals surface area (Å²) in [5, 5.41) is 5.75. The first-order chi connectivity index (χ1) is 17.9. The lowest BCUT2D eigenvalue weighted by atomic mass is 10.00. The third-order valence-corrected chi connectivity index (χ3v) is 7.50. The van der Waals surface area contributed by atoms with Gasteiger partial charge in [-0.05, 0) is 29.8 Å². The summed E-state index contributed by atoms with van der Waals surface area (Å²) in [6.45, 7) is 0. The number of fused-ring (bicyclic) bond motifs is 11. The topological polar surface area (TPSA) is 43.3 Å². The molecule has 4 heterocycles. The molecule has 5 aromatic carbocycles. The lowest BCUT2D eigenvalue weighted by molar-refractivity contribution is 0.670. The second kappa shape index (κ2) is 6.37. The van der Waals surface area contributed by atoms with Crippen molar-refractivity contribution in [2.75, 3.05) is 0 Å². The van der Waals surface area contributed by atoms with Crippen LogP contribution in [-0.2, 0) is 0 Å². The van der Waals surface area contributed by atoms with Crippen molar-refractivity contribution in [1.82, 2.24) is 14.4 Å². The summed E-state index contributed by atoms with van der Waals surface area (Å²) in [6, 6.07) is 35.7. The molecule has 4 heteroatoms. The van der Waals surface area contributed by atoms with E-state index in [-0.39, 0.29) is 0 Å². The summed E-state index contributed by atoms with van der Waals surface area (Å²) in [5.74, 6) is 0. The number of aromatic nitrogens is 3. The minimum atomic E-state index is 0.876. The van der Waals surface area contributed by atoms with Gasteiger partial charge in [0.1, 0.15) is 16.7 Å². The van der Waals surface area contributed by atoms with E-state index in [1.807, 2.05) is 30.3 Å². The van der Waals surface area contributed by atoms with E-state index in [0.29, 0.717) is 0 Å². The van der Waals surface area contributed by atoms with Crippen LogP contribution in [0.25, 0.3) is 82.5 Å². The van der Waals surface area contributed by atoms with E-state index >= 15 is 0 Å². The molecule has 0 unspecified atom stereocenters. The molecule has 0 aliphatic carbocycles. The highest BCUT2D eigenvalue weighted by Crippen LogP contribution is 2.46. The summed E-state index contributed by atoms with van der Waals surface area (Å²) in [6.07, 6.45) is 0. The van der Waals surface area contributed by atoms with E-state index < -0.39 is 0 Å². The van der Waals surface area contributed by atoms with E-state index in [4.69, 9.17) is 14.4 Å². The van der Waals surface area contributed by atoms with Gasteiger partial charge in [0.15, 0.2) is 5.65 Å². The van der Waals surface area contributed by atoms with E-state index in [1.54, 1.807) is 0 Å². The molecule has 166 valence electrons. The van der Waals surface area contributed by atoms with Crippen LogP contribution in [0.15, 0.2) is 108 Å². The normalized spacial score (nSPS) is 12.4. The molecule has 36 heavy (non-hydrogen) atoms. The van der Waals surface area contributed by atoms with Gasteiger partial charge in [0.25, 0.3) is 0 Å². The largest absolute Gasteiger partial charge is 0.455 e. The van der Waals surface area contributed by atoms with Crippen LogP contribution in [0, 0.1) is 0 Å². The number of rotatable bonds is 1. The number of hydrogen-bond donors (Lipinski definition) is 0. The molecule has 0 atom stereocenters. The second-order valence-corrected chi connectivity index (χ2v) is 9.41. The molecule has 0 amide bonds. The fourth-order valence-corrected chi connectivity index (χ4v) is 6.02. The molecule has 0 aliphatic heterocycles. The first-order valence-corrected chi connectivity index (χ1v) is 12.1. The van der Waals surface area contributed by atoms with Crippen LogP contribution in [0.4, 0.5) is 0 Å². The van der Waals surface area contributed by atoms with Crippen molar-refractivity contribution in [3.05, 3.63) is 103 Å². The summed E-state index contributed by atoms with van der Waals surface area (Å²) in [4.78, 5) is 10.2. The van der Waals surface area contributed by atoms with Gasteiger partial charge in [-0.3, -0.25) is 4.40 Å². The number of furan rings is 1. The molecular weight excluding hydrogens is 442 g/mol. The first kappa shape index (κ1) is 18.4. The Bertz CT molecular complexity index is 2310. The van der Waals surface area contributed by atoms with Gasteiger partial charge in [-0.15, -0.1) is 0 Å². The van der Waals surface area contributed by atoms with Crippen molar-refractivity contribution in [2.24, 2.45) is 0 Å². The number of nitrogens with zero attached hydrogens (tertiary/aromatic N) is 3. The van der Waals surface area contributed by atoms with Crippen molar-refractivity contribution in [3.63, 3.8) is 0 Å². The van der Waals surface area contributed by atoms with Crippen LogP contribution in [0.3, 0.4) is 0 Å². The molecule has 0 aliphatic rings. The van der Waals surface area contributed by atoms with Crippen molar-refractivity contribution in [2.45, 2.75) is 0 Å². The summed E-state index contributed by atoms with van der Waals surface area (Å²) < 4.78 is 8.96. The Kier molecular flexibility index (Phi) is 3.25. The average molecular weight is 460 g/mol. The quantitative estimate of drug-likeness (QED) is 0.248. The van der Waals surface area contributed by atoms with E-state index in [2.05, 4.69) is 77.2 Å². The molecule has 0 fully saturated rings. The second-order valence-electron chi connectivity index (χ2n) is 9.41. The Morgan fingerprint density at radius 3 is 2.25 bits per heavy atom. The van der Waals surface area contributed by atoms with Gasteiger partial charge in [0.2, 0.25) is 0 Å². The zero-order valence-corrected chi connectivity index (χ0v) is 19.1. The van der Waals surface area contributed by atoms with Crippen LogP contribution in [0.1, 0.15) is 0 Å². The Morgan fingerprint density at radius 1 is 0.611 bits per heavy atom. The lowest BCUT2D eigenvalue weighted by Gasteiger charge is -2.02. The number of benzene rings is 5. The third kappa shape index (κ3) is 2.15. The predicted octanol–water partition coefficient (Wildman–Crippen LogP) is 8.35. The molecule has 4 aromatic heterocycles. The molecule has 0 saturated heterocycles. The van der Waals surface area contributed by atoms with Crippen LogP contribution in [-0.4, -0.2) is 14.4 Å². The fraction of sp³-hybridized carbons (Fsp3) is 0. The molecule has 0 saturated carbocycles. The zero-order valence-electron chi connectivity index (χ0n) is 19.1. The van der Waals surface area contributed by atoms with Crippen molar-refractivity contribution in [3.8, 4) is 11.1 Å². The summed E-state index contributed by atoms with van der Waals surface area (Å²) >= 11 is 0. The smallest absolute Gasteiger partial charge is 0.165 e.